The fourth-order valence-electron chi connectivity index (χ4n) is 3.27. The molecular formula is C22H21N3O3. The third kappa shape index (κ3) is 3.96. The van der Waals surface area contributed by atoms with Crippen molar-refractivity contribution in [1.29, 1.82) is 0 Å². The highest BCUT2D eigenvalue weighted by Gasteiger charge is 2.20. The molecule has 1 aliphatic rings. The summed E-state index contributed by atoms with van der Waals surface area (Å²) in [5.74, 6) is -0.0318. The van der Waals surface area contributed by atoms with E-state index >= 15 is 0 Å². The average molecular weight is 375 g/mol. The summed E-state index contributed by atoms with van der Waals surface area (Å²) in [5.41, 5.74) is 4.30. The molecule has 4 rings (SSSR count). The second-order valence-electron chi connectivity index (χ2n) is 7.02. The molecule has 0 atom stereocenters. The quantitative estimate of drug-likeness (QED) is 0.731. The van der Waals surface area contributed by atoms with E-state index in [0.717, 1.165) is 29.7 Å². The van der Waals surface area contributed by atoms with Crippen molar-refractivity contribution in [2.24, 2.45) is 0 Å². The Morgan fingerprint density at radius 3 is 2.75 bits per heavy atom. The molecule has 1 N–H and O–H groups in total. The minimum absolute atomic E-state index is 0.149. The molecule has 28 heavy (non-hydrogen) atoms. The van der Waals surface area contributed by atoms with Crippen LogP contribution in [0.4, 0.5) is 5.69 Å². The first-order valence-electron chi connectivity index (χ1n) is 9.30. The van der Waals surface area contributed by atoms with Gasteiger partial charge < -0.3 is 14.7 Å². The van der Waals surface area contributed by atoms with Gasteiger partial charge in [-0.3, -0.25) is 9.59 Å². The molecule has 0 saturated carbocycles. The maximum Gasteiger partial charge on any atom is 0.294 e. The van der Waals surface area contributed by atoms with Crippen molar-refractivity contribution in [2.75, 3.05) is 11.9 Å². The van der Waals surface area contributed by atoms with E-state index in [9.17, 15) is 9.59 Å². The second-order valence-corrected chi connectivity index (χ2v) is 7.02. The summed E-state index contributed by atoms with van der Waals surface area (Å²) in [4.78, 5) is 26.2. The first-order valence-corrected chi connectivity index (χ1v) is 9.30. The van der Waals surface area contributed by atoms with Crippen molar-refractivity contribution in [1.82, 2.24) is 10.1 Å². The van der Waals surface area contributed by atoms with Gasteiger partial charge in [0.2, 0.25) is 11.7 Å². The third-order valence-electron chi connectivity index (χ3n) is 4.81. The molecule has 3 aromatic rings. The van der Waals surface area contributed by atoms with E-state index < -0.39 is 0 Å². The Kier molecular flexibility index (Phi) is 4.93. The minimum atomic E-state index is -0.361. The molecule has 2 heterocycles. The maximum atomic E-state index is 12.5. The van der Waals surface area contributed by atoms with Crippen LogP contribution in [0.5, 0.6) is 0 Å². The number of carbonyl (C=O) groups is 2. The molecule has 0 bridgehead atoms. The fourth-order valence-corrected chi connectivity index (χ4v) is 3.27. The van der Waals surface area contributed by atoms with Crippen LogP contribution in [0.25, 0.3) is 11.3 Å². The molecule has 2 amide bonds. The normalized spacial score (nSPS) is 13.8. The minimum Gasteiger partial charge on any atom is -0.350 e. The Labute approximate surface area is 163 Å². The van der Waals surface area contributed by atoms with Crippen LogP contribution in [0.1, 0.15) is 34.5 Å². The van der Waals surface area contributed by atoms with E-state index in [1.807, 2.05) is 60.4 Å². The Balaban J connectivity index is 1.44. The van der Waals surface area contributed by atoms with E-state index in [2.05, 4.69) is 10.5 Å². The summed E-state index contributed by atoms with van der Waals surface area (Å²) in [6.07, 6.45) is 1.52. The van der Waals surface area contributed by atoms with E-state index in [0.29, 0.717) is 24.3 Å². The number of rotatable bonds is 5. The Morgan fingerprint density at radius 1 is 1.18 bits per heavy atom. The lowest BCUT2D eigenvalue weighted by Gasteiger charge is -2.16. The summed E-state index contributed by atoms with van der Waals surface area (Å²) in [5, 5.41) is 6.83. The van der Waals surface area contributed by atoms with Crippen LogP contribution in [0.2, 0.25) is 0 Å². The second kappa shape index (κ2) is 7.68. The van der Waals surface area contributed by atoms with E-state index in [4.69, 9.17) is 4.52 Å². The van der Waals surface area contributed by atoms with Crippen molar-refractivity contribution in [2.45, 2.75) is 26.3 Å². The average Bonchev–Trinajstić information content (AvgIpc) is 3.33. The lowest BCUT2D eigenvalue weighted by Crippen LogP contribution is -2.23. The van der Waals surface area contributed by atoms with Crippen molar-refractivity contribution < 1.29 is 14.1 Å². The number of amides is 2. The number of carbonyl (C=O) groups excluding carboxylic acids is 2. The lowest BCUT2D eigenvalue weighted by atomic mass is 10.1. The molecule has 0 unspecified atom stereocenters. The van der Waals surface area contributed by atoms with Gasteiger partial charge in [0, 0.05) is 36.8 Å². The summed E-state index contributed by atoms with van der Waals surface area (Å²) in [7, 11) is 0. The predicted molar refractivity (Wildman–Crippen MR) is 106 cm³/mol. The number of hydrogen-bond donors (Lipinski definition) is 1. The van der Waals surface area contributed by atoms with Gasteiger partial charge in [0.25, 0.3) is 5.91 Å². The highest BCUT2D eigenvalue weighted by Crippen LogP contribution is 2.21. The summed E-state index contributed by atoms with van der Waals surface area (Å²) >= 11 is 0. The monoisotopic (exact) mass is 375 g/mol. The summed E-state index contributed by atoms with van der Waals surface area (Å²) in [6, 6.07) is 17.0. The van der Waals surface area contributed by atoms with Gasteiger partial charge in [-0.1, -0.05) is 47.1 Å². The first kappa shape index (κ1) is 18.0. The van der Waals surface area contributed by atoms with E-state index in [-0.39, 0.29) is 17.6 Å². The number of nitrogens with zero attached hydrogens (tertiary/aromatic N) is 2. The van der Waals surface area contributed by atoms with E-state index in [1.54, 1.807) is 6.07 Å². The first-order chi connectivity index (χ1) is 13.6. The molecule has 1 fully saturated rings. The van der Waals surface area contributed by atoms with Gasteiger partial charge in [-0.25, -0.2) is 0 Å². The SMILES string of the molecule is Cc1ccc(-c2cc(C(=O)Nc3cccc(CN4CCCC4=O)c3)on2)cc1. The standard InChI is InChI=1S/C22H21N3O3/c1-15-7-9-17(10-8-15)19-13-20(28-24-19)22(27)23-18-5-2-4-16(12-18)14-25-11-3-6-21(25)26/h2,4-5,7-10,12-13H,3,6,11,14H2,1H3,(H,23,27). The molecule has 142 valence electrons. The third-order valence-corrected chi connectivity index (χ3v) is 4.81. The molecular weight excluding hydrogens is 354 g/mol. The van der Waals surface area contributed by atoms with Gasteiger partial charge in [-0.05, 0) is 31.0 Å². The number of likely N-dealkylation sites (tertiary alicyclic amines) is 1. The predicted octanol–water partition coefficient (Wildman–Crippen LogP) is 4.02. The maximum absolute atomic E-state index is 12.5. The zero-order valence-corrected chi connectivity index (χ0v) is 15.6. The number of nitrogens with one attached hydrogen (secondary N) is 1. The number of hydrogen-bond acceptors (Lipinski definition) is 4. The zero-order chi connectivity index (χ0) is 19.5. The molecule has 0 radical (unpaired) electrons. The van der Waals surface area contributed by atoms with Gasteiger partial charge in [0.15, 0.2) is 0 Å². The van der Waals surface area contributed by atoms with Gasteiger partial charge in [-0.2, -0.15) is 0 Å². The Morgan fingerprint density at radius 2 is 2.00 bits per heavy atom. The van der Waals surface area contributed by atoms with Gasteiger partial charge in [0.1, 0.15) is 5.69 Å². The largest absolute Gasteiger partial charge is 0.350 e. The van der Waals surface area contributed by atoms with Gasteiger partial charge in [-0.15, -0.1) is 0 Å². The van der Waals surface area contributed by atoms with Crippen LogP contribution in [-0.4, -0.2) is 28.4 Å². The highest BCUT2D eigenvalue weighted by atomic mass is 16.5. The topological polar surface area (TPSA) is 75.4 Å². The van der Waals surface area contributed by atoms with Crippen molar-refractivity contribution in [3.8, 4) is 11.3 Å². The van der Waals surface area contributed by atoms with Crippen LogP contribution in [0.15, 0.2) is 59.1 Å². The summed E-state index contributed by atoms with van der Waals surface area (Å²) in [6.45, 7) is 3.36. The highest BCUT2D eigenvalue weighted by molar-refractivity contribution is 6.02. The Hall–Kier alpha value is -3.41. The van der Waals surface area contributed by atoms with Crippen LogP contribution in [-0.2, 0) is 11.3 Å². The van der Waals surface area contributed by atoms with Crippen LogP contribution in [0.3, 0.4) is 0 Å². The number of anilines is 1. The molecule has 1 aliphatic heterocycles. The molecule has 6 nitrogen and oxygen atoms in total. The molecule has 0 aliphatic carbocycles. The van der Waals surface area contributed by atoms with Gasteiger partial charge in [0.05, 0.1) is 0 Å². The smallest absolute Gasteiger partial charge is 0.294 e. The summed E-state index contributed by atoms with van der Waals surface area (Å²) < 4.78 is 5.22. The molecule has 2 aromatic carbocycles. The molecule has 6 heteroatoms. The number of aryl methyl sites for hydroxylation is 1. The number of benzene rings is 2. The van der Waals surface area contributed by atoms with Crippen LogP contribution >= 0.6 is 0 Å². The molecule has 1 saturated heterocycles. The molecule has 0 spiro atoms. The lowest BCUT2D eigenvalue weighted by molar-refractivity contribution is -0.128. The van der Waals surface area contributed by atoms with Crippen LogP contribution < -0.4 is 5.32 Å². The number of aromatic nitrogens is 1. The van der Waals surface area contributed by atoms with Crippen LogP contribution in [0, 0.1) is 6.92 Å². The van der Waals surface area contributed by atoms with E-state index in [1.165, 1.54) is 0 Å². The zero-order valence-electron chi connectivity index (χ0n) is 15.6. The van der Waals surface area contributed by atoms with Gasteiger partial charge >= 0.3 is 0 Å². The van der Waals surface area contributed by atoms with Crippen molar-refractivity contribution in [3.05, 3.63) is 71.5 Å². The molecule has 1 aromatic heterocycles. The fraction of sp³-hybridized carbons (Fsp3) is 0.227. The Bertz CT molecular complexity index is 1010. The van der Waals surface area contributed by atoms with Crippen molar-refractivity contribution >= 4 is 17.5 Å². The van der Waals surface area contributed by atoms with Crippen molar-refractivity contribution in [3.63, 3.8) is 0 Å².